The Balaban J connectivity index is 1.60. The number of alkyl halides is 2. The highest BCUT2D eigenvalue weighted by atomic mass is 32.2. The van der Waals surface area contributed by atoms with Crippen LogP contribution in [0.25, 0.3) is 10.8 Å². The predicted molar refractivity (Wildman–Crippen MR) is 107 cm³/mol. The van der Waals surface area contributed by atoms with Crippen LogP contribution in [0.15, 0.2) is 46.2 Å². The number of ether oxygens (including phenoxy) is 1. The molecule has 1 atom stereocenters. The van der Waals surface area contributed by atoms with Crippen LogP contribution in [0.2, 0.25) is 0 Å². The monoisotopic (exact) mass is 424 g/mol. The third-order valence-electron chi connectivity index (χ3n) is 3.82. The molecule has 1 unspecified atom stereocenters. The molecule has 0 aliphatic carbocycles. The minimum Gasteiger partial charge on any atom is -0.440 e. The van der Waals surface area contributed by atoms with Crippen LogP contribution in [0.4, 0.5) is 14.5 Å². The lowest BCUT2D eigenvalue weighted by Gasteiger charge is -2.14. The molecule has 2 heterocycles. The minimum atomic E-state index is -2.96. The van der Waals surface area contributed by atoms with Gasteiger partial charge in [0.2, 0.25) is 11.8 Å². The van der Waals surface area contributed by atoms with E-state index in [0.29, 0.717) is 17.4 Å². The molecule has 0 aliphatic rings. The lowest BCUT2D eigenvalue weighted by Crippen LogP contribution is -2.23. The number of anilines is 1. The summed E-state index contributed by atoms with van der Waals surface area (Å²) in [6.45, 7) is 0.618. The quantitative estimate of drug-likeness (QED) is 0.512. The van der Waals surface area contributed by atoms with Gasteiger partial charge in [0.05, 0.1) is 21.5 Å². The van der Waals surface area contributed by atoms with Crippen molar-refractivity contribution in [1.29, 1.82) is 0 Å². The van der Waals surface area contributed by atoms with E-state index in [-0.39, 0.29) is 17.3 Å². The number of hydrogen-bond donors (Lipinski definition) is 1. The number of carbonyl (C=O) groups excluding carboxylic acids is 1. The molecule has 0 spiro atoms. The fraction of sp³-hybridized carbons (Fsp3) is 0.263. The van der Waals surface area contributed by atoms with Crippen LogP contribution in [0, 0.1) is 6.92 Å². The van der Waals surface area contributed by atoms with Crippen LogP contribution < -0.4 is 10.1 Å². The number of para-hydroxylation sites is 2. The van der Waals surface area contributed by atoms with E-state index in [9.17, 15) is 13.6 Å². The maximum absolute atomic E-state index is 12.5. The summed E-state index contributed by atoms with van der Waals surface area (Å²) in [4.78, 5) is 17.9. The Hall–Kier alpha value is -2.39. The SMILES string of the molecule is Cc1oc(-c2cccs2)nc1CSC(C)C(=O)Nc1ccccc1OC(F)F. The van der Waals surface area contributed by atoms with Crippen molar-refractivity contribution in [2.24, 2.45) is 0 Å². The molecule has 0 saturated carbocycles. The Morgan fingerprint density at radius 3 is 2.82 bits per heavy atom. The van der Waals surface area contributed by atoms with Crippen molar-refractivity contribution in [1.82, 2.24) is 4.98 Å². The first-order chi connectivity index (χ1) is 13.4. The third-order valence-corrected chi connectivity index (χ3v) is 5.84. The Kier molecular flexibility index (Phi) is 6.69. The first kappa shape index (κ1) is 20.3. The second-order valence-corrected chi connectivity index (χ2v) is 8.09. The summed E-state index contributed by atoms with van der Waals surface area (Å²) >= 11 is 2.92. The average Bonchev–Trinajstić information content (AvgIpc) is 3.30. The summed E-state index contributed by atoms with van der Waals surface area (Å²) in [7, 11) is 0. The first-order valence-electron chi connectivity index (χ1n) is 8.40. The van der Waals surface area contributed by atoms with E-state index < -0.39 is 11.9 Å². The molecule has 0 bridgehead atoms. The van der Waals surface area contributed by atoms with Crippen LogP contribution in [0.1, 0.15) is 18.4 Å². The van der Waals surface area contributed by atoms with Crippen molar-refractivity contribution in [2.75, 3.05) is 5.32 Å². The zero-order valence-electron chi connectivity index (χ0n) is 15.1. The molecule has 3 rings (SSSR count). The number of aryl methyl sites for hydroxylation is 1. The summed E-state index contributed by atoms with van der Waals surface area (Å²) in [5.41, 5.74) is 0.979. The molecule has 5 nitrogen and oxygen atoms in total. The van der Waals surface area contributed by atoms with Crippen molar-refractivity contribution >= 4 is 34.7 Å². The molecule has 9 heteroatoms. The Labute approximate surface area is 169 Å². The third kappa shape index (κ3) is 5.11. The Morgan fingerprint density at radius 2 is 2.11 bits per heavy atom. The number of hydrogen-bond acceptors (Lipinski definition) is 6. The molecular formula is C19H18F2N2O3S2. The lowest BCUT2D eigenvalue weighted by molar-refractivity contribution is -0.115. The summed E-state index contributed by atoms with van der Waals surface area (Å²) in [5.74, 6) is 1.38. The molecule has 148 valence electrons. The number of halogens is 2. The fourth-order valence-corrected chi connectivity index (χ4v) is 3.89. The van der Waals surface area contributed by atoms with E-state index in [1.54, 1.807) is 30.4 Å². The smallest absolute Gasteiger partial charge is 0.387 e. The molecule has 28 heavy (non-hydrogen) atoms. The van der Waals surface area contributed by atoms with Gasteiger partial charge in [-0.15, -0.1) is 23.1 Å². The van der Waals surface area contributed by atoms with Crippen LogP contribution in [0.5, 0.6) is 5.75 Å². The van der Waals surface area contributed by atoms with E-state index in [1.165, 1.54) is 23.9 Å². The number of benzene rings is 1. The summed E-state index contributed by atoms with van der Waals surface area (Å²) in [5, 5.41) is 4.15. The highest BCUT2D eigenvalue weighted by Crippen LogP contribution is 2.30. The van der Waals surface area contributed by atoms with Gasteiger partial charge in [-0.3, -0.25) is 4.79 Å². The number of aromatic nitrogens is 1. The van der Waals surface area contributed by atoms with Crippen LogP contribution >= 0.6 is 23.1 Å². The number of oxazole rings is 1. The highest BCUT2D eigenvalue weighted by Gasteiger charge is 2.19. The normalized spacial score (nSPS) is 12.2. The van der Waals surface area contributed by atoms with Crippen molar-refractivity contribution < 1.29 is 22.7 Å². The molecule has 1 N–H and O–H groups in total. The minimum absolute atomic E-state index is 0.0732. The van der Waals surface area contributed by atoms with E-state index in [4.69, 9.17) is 4.42 Å². The van der Waals surface area contributed by atoms with Crippen LogP contribution in [-0.4, -0.2) is 22.8 Å². The standard InChI is InChI=1S/C19H18F2N2O3S2/c1-11-14(23-18(25-11)16-8-5-9-27-16)10-28-12(2)17(24)22-13-6-3-4-7-15(13)26-19(20)21/h3-9,12,19H,10H2,1-2H3,(H,22,24). The summed E-state index contributed by atoms with van der Waals surface area (Å²) < 4.78 is 35.1. The van der Waals surface area contributed by atoms with Gasteiger partial charge in [-0.1, -0.05) is 18.2 Å². The van der Waals surface area contributed by atoms with Crippen molar-refractivity contribution in [3.05, 3.63) is 53.2 Å². The zero-order chi connectivity index (χ0) is 20.1. The van der Waals surface area contributed by atoms with Gasteiger partial charge >= 0.3 is 6.61 Å². The van der Waals surface area contributed by atoms with Gasteiger partial charge in [0.15, 0.2) is 0 Å². The van der Waals surface area contributed by atoms with Gasteiger partial charge in [0, 0.05) is 5.75 Å². The van der Waals surface area contributed by atoms with Gasteiger partial charge in [-0.25, -0.2) is 4.98 Å². The number of rotatable bonds is 8. The summed E-state index contributed by atoms with van der Waals surface area (Å²) in [6.07, 6.45) is 0. The molecule has 3 aromatic rings. The van der Waals surface area contributed by atoms with E-state index in [1.807, 2.05) is 24.4 Å². The second-order valence-electron chi connectivity index (χ2n) is 5.82. The first-order valence-corrected chi connectivity index (χ1v) is 10.3. The number of nitrogens with one attached hydrogen (secondary N) is 1. The van der Waals surface area contributed by atoms with Crippen LogP contribution in [0.3, 0.4) is 0 Å². The van der Waals surface area contributed by atoms with Gasteiger partial charge in [-0.2, -0.15) is 8.78 Å². The fourth-order valence-electron chi connectivity index (χ4n) is 2.35. The van der Waals surface area contributed by atoms with Crippen molar-refractivity contribution in [3.63, 3.8) is 0 Å². The van der Waals surface area contributed by atoms with E-state index >= 15 is 0 Å². The number of amides is 1. The molecule has 0 aliphatic heterocycles. The second kappa shape index (κ2) is 9.20. The predicted octanol–water partition coefficient (Wildman–Crippen LogP) is 5.57. The molecule has 1 aromatic carbocycles. The van der Waals surface area contributed by atoms with Gasteiger partial charge < -0.3 is 14.5 Å². The maximum Gasteiger partial charge on any atom is 0.387 e. The molecule has 1 amide bonds. The zero-order valence-corrected chi connectivity index (χ0v) is 16.8. The molecule has 0 fully saturated rings. The maximum atomic E-state index is 12.5. The van der Waals surface area contributed by atoms with Crippen molar-refractivity contribution in [3.8, 4) is 16.5 Å². The van der Waals surface area contributed by atoms with Gasteiger partial charge in [-0.05, 0) is 37.4 Å². The largest absolute Gasteiger partial charge is 0.440 e. The molecule has 2 aromatic heterocycles. The average molecular weight is 424 g/mol. The number of carbonyl (C=O) groups is 1. The molecular weight excluding hydrogens is 406 g/mol. The van der Waals surface area contributed by atoms with Crippen molar-refractivity contribution in [2.45, 2.75) is 31.5 Å². The highest BCUT2D eigenvalue weighted by molar-refractivity contribution is 7.99. The molecule has 0 saturated heterocycles. The van der Waals surface area contributed by atoms with Crippen LogP contribution in [-0.2, 0) is 10.5 Å². The molecule has 0 radical (unpaired) electrons. The van der Waals surface area contributed by atoms with Gasteiger partial charge in [0.1, 0.15) is 11.5 Å². The number of nitrogens with zero attached hydrogens (tertiary/aromatic N) is 1. The lowest BCUT2D eigenvalue weighted by atomic mass is 10.3. The van der Waals surface area contributed by atoms with E-state index in [2.05, 4.69) is 15.0 Å². The Bertz CT molecular complexity index is 929. The number of thioether (sulfide) groups is 1. The van der Waals surface area contributed by atoms with Gasteiger partial charge in [0.25, 0.3) is 0 Å². The topological polar surface area (TPSA) is 64.4 Å². The number of thiophene rings is 1. The summed E-state index contributed by atoms with van der Waals surface area (Å²) in [6, 6.07) is 9.95. The Morgan fingerprint density at radius 1 is 1.32 bits per heavy atom. The van der Waals surface area contributed by atoms with E-state index in [0.717, 1.165) is 10.6 Å².